The Bertz CT molecular complexity index is 683. The van der Waals surface area contributed by atoms with Crippen molar-refractivity contribution in [3.63, 3.8) is 0 Å². The highest BCUT2D eigenvalue weighted by atomic mass is 16.5. The van der Waals surface area contributed by atoms with Crippen LogP contribution < -0.4 is 5.32 Å². The number of fused-ring (bicyclic) bond motifs is 5. The summed E-state index contributed by atoms with van der Waals surface area (Å²) in [5.41, 5.74) is 0.864. The highest BCUT2D eigenvalue weighted by Gasteiger charge is 2.62. The number of carbonyl (C=O) groups excluding carboxylic acids is 2. The normalized spacial score (nSPS) is 42.0. The largest absolute Gasteiger partial charge is 0.469 e. The summed E-state index contributed by atoms with van der Waals surface area (Å²) >= 11 is 0. The van der Waals surface area contributed by atoms with E-state index in [1.165, 1.54) is 77.7 Å². The van der Waals surface area contributed by atoms with E-state index in [0.29, 0.717) is 35.6 Å². The van der Waals surface area contributed by atoms with Crippen molar-refractivity contribution in [1.82, 2.24) is 5.32 Å². The van der Waals surface area contributed by atoms with E-state index in [2.05, 4.69) is 19.2 Å². The van der Waals surface area contributed by atoms with Gasteiger partial charge in [-0.25, -0.2) is 0 Å². The molecule has 0 amide bonds. The number of nitrogens with one attached hydrogen (secondary N) is 1. The number of ether oxygens (including phenoxy) is 2. The Morgan fingerprint density at radius 3 is 2.61 bits per heavy atom. The van der Waals surface area contributed by atoms with Crippen molar-refractivity contribution in [3.8, 4) is 0 Å². The third kappa shape index (κ3) is 4.86. The predicted molar refractivity (Wildman–Crippen MR) is 130 cm³/mol. The van der Waals surface area contributed by atoms with Crippen LogP contribution in [-0.4, -0.2) is 38.7 Å². The molecule has 0 aromatic carbocycles. The summed E-state index contributed by atoms with van der Waals surface area (Å²) in [4.78, 5) is 22.7. The van der Waals surface area contributed by atoms with Gasteiger partial charge in [-0.15, -0.1) is 0 Å². The molecular weight excluding hydrogens is 414 g/mol. The van der Waals surface area contributed by atoms with Crippen LogP contribution in [0.25, 0.3) is 0 Å². The zero-order valence-corrected chi connectivity index (χ0v) is 21.3. The molecule has 5 heteroatoms. The van der Waals surface area contributed by atoms with E-state index >= 15 is 0 Å². The fraction of sp³-hybridized carbons (Fsp3) is 0.929. The lowest BCUT2D eigenvalue weighted by atomic mass is 9.44. The SMILES string of the molecule is COC(=O)CCNCCCCC1CCC2C3C(OC=O)CC4CCCCC4(C)C3CCC12C. The Kier molecular flexibility index (Phi) is 8.08. The molecule has 0 spiro atoms. The topological polar surface area (TPSA) is 64.6 Å². The monoisotopic (exact) mass is 461 g/mol. The second-order valence-electron chi connectivity index (χ2n) is 12.1. The first-order chi connectivity index (χ1) is 15.9. The number of carbonyl (C=O) groups is 2. The van der Waals surface area contributed by atoms with Crippen molar-refractivity contribution in [2.24, 2.45) is 40.4 Å². The van der Waals surface area contributed by atoms with E-state index < -0.39 is 0 Å². The van der Waals surface area contributed by atoms with E-state index in [0.717, 1.165) is 37.2 Å². The van der Waals surface area contributed by atoms with Gasteiger partial charge in [-0.05, 0) is 98.8 Å². The molecule has 5 nitrogen and oxygen atoms in total. The van der Waals surface area contributed by atoms with Gasteiger partial charge in [0.1, 0.15) is 6.10 Å². The lowest BCUT2D eigenvalue weighted by Gasteiger charge is -2.62. The third-order valence-corrected chi connectivity index (χ3v) is 10.9. The minimum absolute atomic E-state index is 0.143. The van der Waals surface area contributed by atoms with Crippen LogP contribution in [-0.2, 0) is 19.1 Å². The summed E-state index contributed by atoms with van der Waals surface area (Å²) < 4.78 is 10.6. The van der Waals surface area contributed by atoms with E-state index in [9.17, 15) is 9.59 Å². The molecule has 1 N–H and O–H groups in total. The van der Waals surface area contributed by atoms with Gasteiger partial charge in [0.05, 0.1) is 13.5 Å². The van der Waals surface area contributed by atoms with E-state index in [-0.39, 0.29) is 12.1 Å². The molecule has 4 aliphatic rings. The fourth-order valence-corrected chi connectivity index (χ4v) is 9.08. The van der Waals surface area contributed by atoms with Gasteiger partial charge in [-0.2, -0.15) is 0 Å². The zero-order valence-electron chi connectivity index (χ0n) is 21.3. The van der Waals surface area contributed by atoms with E-state index in [1.54, 1.807) is 0 Å². The molecule has 8 unspecified atom stereocenters. The van der Waals surface area contributed by atoms with Crippen LogP contribution in [0, 0.1) is 40.4 Å². The van der Waals surface area contributed by atoms with Gasteiger partial charge < -0.3 is 14.8 Å². The lowest BCUT2D eigenvalue weighted by molar-refractivity contribution is -0.180. The van der Waals surface area contributed by atoms with Crippen molar-refractivity contribution in [1.29, 1.82) is 0 Å². The van der Waals surface area contributed by atoms with E-state index in [1.807, 2.05) is 0 Å². The quantitative estimate of drug-likeness (QED) is 0.264. The van der Waals surface area contributed by atoms with Gasteiger partial charge in [-0.1, -0.05) is 33.1 Å². The van der Waals surface area contributed by atoms with Crippen LogP contribution in [0.2, 0.25) is 0 Å². The standard InChI is InChI=1S/C28H47NO4/c1-27-14-6-4-9-21(27)18-24(33-19-30)26-22-11-10-20(28(22,2)15-12-23(26)27)8-5-7-16-29-17-13-25(31)32-3/h19-24,26,29H,4-18H2,1-3H3. The van der Waals surface area contributed by atoms with Crippen LogP contribution in [0.3, 0.4) is 0 Å². The smallest absolute Gasteiger partial charge is 0.306 e. The molecule has 0 saturated heterocycles. The van der Waals surface area contributed by atoms with Crippen LogP contribution >= 0.6 is 0 Å². The minimum Gasteiger partial charge on any atom is -0.469 e. The Morgan fingerprint density at radius 1 is 1.00 bits per heavy atom. The molecule has 8 atom stereocenters. The maximum Gasteiger partial charge on any atom is 0.306 e. The number of esters is 1. The lowest BCUT2D eigenvalue weighted by Crippen LogP contribution is -2.58. The van der Waals surface area contributed by atoms with Gasteiger partial charge in [0.25, 0.3) is 6.47 Å². The van der Waals surface area contributed by atoms with Crippen molar-refractivity contribution in [3.05, 3.63) is 0 Å². The Labute approximate surface area is 201 Å². The predicted octanol–water partition coefficient (Wildman–Crippen LogP) is 5.51. The number of methoxy groups -OCH3 is 1. The molecule has 0 aromatic rings. The first-order valence-electron chi connectivity index (χ1n) is 13.8. The number of unbranched alkanes of at least 4 members (excludes halogenated alkanes) is 1. The van der Waals surface area contributed by atoms with Crippen LogP contribution in [0.5, 0.6) is 0 Å². The second kappa shape index (κ2) is 10.7. The zero-order chi connectivity index (χ0) is 23.5. The maximum atomic E-state index is 11.5. The first kappa shape index (κ1) is 25.0. The maximum absolute atomic E-state index is 11.5. The molecule has 4 fully saturated rings. The van der Waals surface area contributed by atoms with Gasteiger partial charge in [-0.3, -0.25) is 9.59 Å². The first-order valence-corrected chi connectivity index (χ1v) is 13.8. The number of hydrogen-bond acceptors (Lipinski definition) is 5. The fourth-order valence-electron chi connectivity index (χ4n) is 9.08. The molecule has 4 saturated carbocycles. The number of rotatable bonds is 10. The summed E-state index contributed by atoms with van der Waals surface area (Å²) in [5.74, 6) is 3.41. The average molecular weight is 462 g/mol. The Balaban J connectivity index is 1.35. The highest BCUT2D eigenvalue weighted by molar-refractivity contribution is 5.69. The Hall–Kier alpha value is -1.10. The molecule has 0 bridgehead atoms. The van der Waals surface area contributed by atoms with Gasteiger partial charge in [0.2, 0.25) is 0 Å². The Morgan fingerprint density at radius 2 is 1.82 bits per heavy atom. The van der Waals surface area contributed by atoms with Crippen LogP contribution in [0.1, 0.15) is 97.3 Å². The molecule has 0 aliphatic heterocycles. The van der Waals surface area contributed by atoms with Gasteiger partial charge in [0.15, 0.2) is 0 Å². The van der Waals surface area contributed by atoms with Crippen molar-refractivity contribution in [2.75, 3.05) is 20.2 Å². The molecule has 188 valence electrons. The summed E-state index contributed by atoms with van der Waals surface area (Å²) in [5, 5.41) is 3.38. The highest BCUT2D eigenvalue weighted by Crippen LogP contribution is 2.68. The summed E-state index contributed by atoms with van der Waals surface area (Å²) in [7, 11) is 1.44. The molecule has 0 aromatic heterocycles. The summed E-state index contributed by atoms with van der Waals surface area (Å²) in [6, 6.07) is 0. The molecule has 33 heavy (non-hydrogen) atoms. The van der Waals surface area contributed by atoms with Gasteiger partial charge in [0, 0.05) is 12.5 Å². The third-order valence-electron chi connectivity index (χ3n) is 10.9. The summed E-state index contributed by atoms with van der Waals surface area (Å²) in [6.07, 6.45) is 16.2. The average Bonchev–Trinajstić information content (AvgIpc) is 3.14. The van der Waals surface area contributed by atoms with Gasteiger partial charge >= 0.3 is 5.97 Å². The van der Waals surface area contributed by atoms with Crippen molar-refractivity contribution < 1.29 is 19.1 Å². The molecular formula is C28H47NO4. The minimum atomic E-state index is -0.143. The number of hydrogen-bond donors (Lipinski definition) is 1. The molecule has 4 aliphatic carbocycles. The van der Waals surface area contributed by atoms with Crippen LogP contribution in [0.4, 0.5) is 0 Å². The van der Waals surface area contributed by atoms with E-state index in [4.69, 9.17) is 9.47 Å². The molecule has 0 radical (unpaired) electrons. The summed E-state index contributed by atoms with van der Waals surface area (Å²) in [6.45, 7) is 7.60. The molecule has 0 heterocycles. The van der Waals surface area contributed by atoms with Crippen molar-refractivity contribution >= 4 is 12.4 Å². The molecule has 4 rings (SSSR count). The van der Waals surface area contributed by atoms with Crippen LogP contribution in [0.15, 0.2) is 0 Å². The van der Waals surface area contributed by atoms with Crippen molar-refractivity contribution in [2.45, 2.75) is 103 Å². The second-order valence-corrected chi connectivity index (χ2v) is 12.1.